The molecule has 1 saturated heterocycles. The van der Waals surface area contributed by atoms with Gasteiger partial charge in [-0.15, -0.1) is 0 Å². The van der Waals surface area contributed by atoms with Gasteiger partial charge in [-0.05, 0) is 41.6 Å². The molecule has 116 valence electrons. The number of thiocarbonyl (C=S) groups is 1. The van der Waals surface area contributed by atoms with Gasteiger partial charge in [-0.2, -0.15) is 0 Å². The lowest BCUT2D eigenvalue weighted by atomic mass is 10.1. The summed E-state index contributed by atoms with van der Waals surface area (Å²) >= 11 is 5.37. The Balaban J connectivity index is 1.89. The van der Waals surface area contributed by atoms with Crippen molar-refractivity contribution in [3.8, 4) is 0 Å². The highest BCUT2D eigenvalue weighted by atomic mass is 32.1. The van der Waals surface area contributed by atoms with Crippen LogP contribution in [0.25, 0.3) is 6.08 Å². The summed E-state index contributed by atoms with van der Waals surface area (Å²) in [5, 5.41) is 0.446. The van der Waals surface area contributed by atoms with Gasteiger partial charge in [0.05, 0.1) is 6.54 Å². The van der Waals surface area contributed by atoms with E-state index < -0.39 is 0 Å². The second-order valence-electron chi connectivity index (χ2n) is 5.30. The third kappa shape index (κ3) is 3.14. The third-order valence-corrected chi connectivity index (χ3v) is 4.17. The Morgan fingerprint density at radius 2 is 1.87 bits per heavy atom. The molecule has 0 bridgehead atoms. The van der Waals surface area contributed by atoms with Crippen LogP contribution in [0.1, 0.15) is 11.1 Å². The van der Waals surface area contributed by atoms with Gasteiger partial charge in [0.15, 0.2) is 5.11 Å². The molecule has 0 unspecified atom stereocenters. The lowest BCUT2D eigenvalue weighted by Gasteiger charge is -2.16. The second kappa shape index (κ2) is 6.30. The average molecular weight is 326 g/mol. The molecule has 23 heavy (non-hydrogen) atoms. The maximum absolute atomic E-state index is 13.3. The van der Waals surface area contributed by atoms with Crippen LogP contribution in [0.4, 0.5) is 4.39 Å². The molecule has 0 spiro atoms. The van der Waals surface area contributed by atoms with Crippen molar-refractivity contribution in [3.63, 3.8) is 0 Å². The number of benzene rings is 2. The van der Waals surface area contributed by atoms with Gasteiger partial charge >= 0.3 is 0 Å². The fraction of sp³-hybridized carbons (Fsp3) is 0.111. The molecule has 0 aromatic heterocycles. The first-order valence-corrected chi connectivity index (χ1v) is 7.58. The van der Waals surface area contributed by atoms with E-state index in [-0.39, 0.29) is 11.7 Å². The summed E-state index contributed by atoms with van der Waals surface area (Å²) in [5.41, 5.74) is 2.07. The molecule has 1 heterocycles. The van der Waals surface area contributed by atoms with E-state index >= 15 is 0 Å². The SMILES string of the molecule is CN1C(=S)N(Cc2ccccc2)C(=O)C1=Cc1cccc(F)c1. The summed E-state index contributed by atoms with van der Waals surface area (Å²) in [6.07, 6.45) is 1.66. The van der Waals surface area contributed by atoms with Crippen LogP contribution in [0.3, 0.4) is 0 Å². The molecular weight excluding hydrogens is 311 g/mol. The van der Waals surface area contributed by atoms with Crippen LogP contribution < -0.4 is 0 Å². The summed E-state index contributed by atoms with van der Waals surface area (Å²) in [4.78, 5) is 15.9. The maximum Gasteiger partial charge on any atom is 0.277 e. The molecular formula is C18H15FN2OS. The molecule has 3 rings (SSSR count). The Morgan fingerprint density at radius 3 is 2.57 bits per heavy atom. The van der Waals surface area contributed by atoms with Crippen molar-refractivity contribution in [2.75, 3.05) is 7.05 Å². The first kappa shape index (κ1) is 15.4. The highest BCUT2D eigenvalue weighted by Gasteiger charge is 2.35. The van der Waals surface area contributed by atoms with Gasteiger partial charge in [-0.1, -0.05) is 42.5 Å². The van der Waals surface area contributed by atoms with Crippen LogP contribution in [0, 0.1) is 5.82 Å². The topological polar surface area (TPSA) is 23.6 Å². The minimum atomic E-state index is -0.337. The second-order valence-corrected chi connectivity index (χ2v) is 5.67. The Bertz CT molecular complexity index is 789. The predicted octanol–water partition coefficient (Wildman–Crippen LogP) is 3.43. The Morgan fingerprint density at radius 1 is 1.13 bits per heavy atom. The number of amides is 1. The highest BCUT2D eigenvalue weighted by Crippen LogP contribution is 2.24. The number of carbonyl (C=O) groups is 1. The lowest BCUT2D eigenvalue weighted by molar-refractivity contribution is -0.122. The molecule has 1 amide bonds. The summed E-state index contributed by atoms with van der Waals surface area (Å²) in [6.45, 7) is 0.420. The Labute approximate surface area is 139 Å². The highest BCUT2D eigenvalue weighted by molar-refractivity contribution is 7.80. The van der Waals surface area contributed by atoms with Crippen molar-refractivity contribution in [1.82, 2.24) is 9.80 Å². The molecule has 2 aromatic rings. The maximum atomic E-state index is 13.3. The van der Waals surface area contributed by atoms with E-state index in [1.807, 2.05) is 30.3 Å². The van der Waals surface area contributed by atoms with Crippen LogP contribution in [-0.2, 0) is 11.3 Å². The zero-order valence-electron chi connectivity index (χ0n) is 12.6. The van der Waals surface area contributed by atoms with E-state index in [9.17, 15) is 9.18 Å². The van der Waals surface area contributed by atoms with Crippen molar-refractivity contribution in [2.45, 2.75) is 6.54 Å². The fourth-order valence-corrected chi connectivity index (χ4v) is 2.72. The zero-order valence-corrected chi connectivity index (χ0v) is 13.4. The minimum Gasteiger partial charge on any atom is -0.317 e. The van der Waals surface area contributed by atoms with Gasteiger partial charge < -0.3 is 4.90 Å². The summed E-state index contributed by atoms with van der Waals surface area (Å²) in [6, 6.07) is 15.8. The van der Waals surface area contributed by atoms with Crippen LogP contribution >= 0.6 is 12.2 Å². The molecule has 0 saturated carbocycles. The van der Waals surface area contributed by atoms with E-state index in [2.05, 4.69) is 0 Å². The smallest absolute Gasteiger partial charge is 0.277 e. The van der Waals surface area contributed by atoms with Crippen molar-refractivity contribution in [1.29, 1.82) is 0 Å². The van der Waals surface area contributed by atoms with E-state index in [1.165, 1.54) is 12.1 Å². The average Bonchev–Trinajstić information content (AvgIpc) is 2.74. The zero-order chi connectivity index (χ0) is 16.4. The molecule has 2 aromatic carbocycles. The van der Waals surface area contributed by atoms with Gasteiger partial charge in [0, 0.05) is 7.05 Å². The molecule has 1 aliphatic rings. The molecule has 0 aliphatic carbocycles. The minimum absolute atomic E-state index is 0.175. The molecule has 0 radical (unpaired) electrons. The number of halogens is 1. The van der Waals surface area contributed by atoms with E-state index in [4.69, 9.17) is 12.2 Å². The van der Waals surface area contributed by atoms with E-state index in [1.54, 1.807) is 35.1 Å². The molecule has 3 nitrogen and oxygen atoms in total. The number of nitrogens with zero attached hydrogens (tertiary/aromatic N) is 2. The molecule has 0 N–H and O–H groups in total. The van der Waals surface area contributed by atoms with Gasteiger partial charge in [0.25, 0.3) is 5.91 Å². The molecule has 1 fully saturated rings. The summed E-state index contributed by atoms with van der Waals surface area (Å²) in [7, 11) is 1.75. The van der Waals surface area contributed by atoms with Crippen LogP contribution in [0.15, 0.2) is 60.3 Å². The standard InChI is InChI=1S/C18H15FN2OS/c1-20-16(11-14-8-5-9-15(19)10-14)17(22)21(18(20)23)12-13-6-3-2-4-7-13/h2-11H,12H2,1H3. The monoisotopic (exact) mass is 326 g/mol. The predicted molar refractivity (Wildman–Crippen MR) is 91.7 cm³/mol. The van der Waals surface area contributed by atoms with Crippen molar-refractivity contribution in [2.24, 2.45) is 0 Å². The van der Waals surface area contributed by atoms with Crippen LogP contribution in [0.5, 0.6) is 0 Å². The number of carbonyl (C=O) groups excluding carboxylic acids is 1. The molecule has 0 atom stereocenters. The van der Waals surface area contributed by atoms with Gasteiger partial charge in [0.1, 0.15) is 11.5 Å². The normalized spacial score (nSPS) is 16.5. The van der Waals surface area contributed by atoms with Crippen molar-refractivity contribution >= 4 is 29.3 Å². The van der Waals surface area contributed by atoms with E-state index in [0.29, 0.717) is 22.9 Å². The van der Waals surface area contributed by atoms with Gasteiger partial charge in [-0.25, -0.2) is 4.39 Å². The Kier molecular flexibility index (Phi) is 4.21. The molecule has 1 aliphatic heterocycles. The fourth-order valence-electron chi connectivity index (χ4n) is 2.47. The number of hydrogen-bond acceptors (Lipinski definition) is 2. The van der Waals surface area contributed by atoms with E-state index in [0.717, 1.165) is 5.56 Å². The third-order valence-electron chi connectivity index (χ3n) is 3.68. The van der Waals surface area contributed by atoms with Crippen molar-refractivity contribution in [3.05, 3.63) is 77.2 Å². The van der Waals surface area contributed by atoms with Gasteiger partial charge in [-0.3, -0.25) is 9.69 Å². The number of rotatable bonds is 3. The van der Waals surface area contributed by atoms with Crippen LogP contribution in [0.2, 0.25) is 0 Å². The Hall–Kier alpha value is -2.53. The summed E-state index contributed by atoms with van der Waals surface area (Å²) in [5.74, 6) is -0.512. The van der Waals surface area contributed by atoms with Gasteiger partial charge in [0.2, 0.25) is 0 Å². The summed E-state index contributed by atoms with van der Waals surface area (Å²) < 4.78 is 13.3. The first-order valence-electron chi connectivity index (χ1n) is 7.17. The molecule has 5 heteroatoms. The largest absolute Gasteiger partial charge is 0.317 e. The number of likely N-dealkylation sites (N-methyl/N-ethyl adjacent to an activating group) is 1. The quantitative estimate of drug-likeness (QED) is 0.638. The van der Waals surface area contributed by atoms with Crippen molar-refractivity contribution < 1.29 is 9.18 Å². The number of hydrogen-bond donors (Lipinski definition) is 0. The lowest BCUT2D eigenvalue weighted by Crippen LogP contribution is -2.30. The van der Waals surface area contributed by atoms with Crippen LogP contribution in [-0.4, -0.2) is 27.9 Å². The first-order chi connectivity index (χ1) is 11.1.